The first kappa shape index (κ1) is 19.2. The van der Waals surface area contributed by atoms with E-state index < -0.39 is 0 Å². The van der Waals surface area contributed by atoms with Crippen molar-refractivity contribution in [1.29, 1.82) is 0 Å². The Labute approximate surface area is 188 Å². The third kappa shape index (κ3) is 2.96. The number of para-hydroxylation sites is 2. The number of rotatable bonds is 4. The fourth-order valence-electron chi connectivity index (χ4n) is 5.71. The van der Waals surface area contributed by atoms with Crippen molar-refractivity contribution in [1.82, 2.24) is 9.13 Å². The van der Waals surface area contributed by atoms with Gasteiger partial charge in [-0.1, -0.05) is 48.5 Å². The van der Waals surface area contributed by atoms with Crippen molar-refractivity contribution in [2.75, 3.05) is 7.11 Å². The average Bonchev–Trinajstić information content (AvgIpc) is 3.35. The molecule has 1 aliphatic carbocycles. The summed E-state index contributed by atoms with van der Waals surface area (Å²) < 4.78 is 10.2. The fourth-order valence-corrected chi connectivity index (χ4v) is 5.71. The molecule has 1 atom stereocenters. The van der Waals surface area contributed by atoms with Crippen LogP contribution in [0, 0.1) is 0 Å². The van der Waals surface area contributed by atoms with Crippen molar-refractivity contribution in [3.63, 3.8) is 0 Å². The molecule has 3 heteroatoms. The highest BCUT2D eigenvalue weighted by Crippen LogP contribution is 2.44. The van der Waals surface area contributed by atoms with Crippen molar-refractivity contribution in [3.05, 3.63) is 101 Å². The van der Waals surface area contributed by atoms with E-state index in [0.29, 0.717) is 5.92 Å². The highest BCUT2D eigenvalue weighted by atomic mass is 16.5. The maximum atomic E-state index is 5.37. The second kappa shape index (κ2) is 7.59. The van der Waals surface area contributed by atoms with E-state index in [4.69, 9.17) is 4.74 Å². The second-order valence-corrected chi connectivity index (χ2v) is 8.97. The predicted octanol–water partition coefficient (Wildman–Crippen LogP) is 6.66. The number of fused-ring (bicyclic) bond motifs is 4. The topological polar surface area (TPSA) is 19.1 Å². The van der Waals surface area contributed by atoms with Gasteiger partial charge in [-0.15, -0.1) is 0 Å². The Morgan fingerprint density at radius 2 is 1.59 bits per heavy atom. The number of hydrogen-bond donors (Lipinski definition) is 0. The summed E-state index contributed by atoms with van der Waals surface area (Å²) in [6.07, 6.45) is 5.95. The first-order valence-electron chi connectivity index (χ1n) is 11.5. The molecule has 3 aromatic carbocycles. The molecule has 6 rings (SSSR count). The molecule has 0 saturated carbocycles. The summed E-state index contributed by atoms with van der Waals surface area (Å²) in [6, 6.07) is 26.3. The van der Waals surface area contributed by atoms with Crippen LogP contribution >= 0.6 is 0 Å². The van der Waals surface area contributed by atoms with Gasteiger partial charge < -0.3 is 13.9 Å². The third-order valence-corrected chi connectivity index (χ3v) is 7.17. The second-order valence-electron chi connectivity index (χ2n) is 8.97. The van der Waals surface area contributed by atoms with Crippen LogP contribution in [0.1, 0.15) is 41.1 Å². The van der Waals surface area contributed by atoms with E-state index in [0.717, 1.165) is 18.7 Å². The van der Waals surface area contributed by atoms with Gasteiger partial charge in [0.25, 0.3) is 0 Å². The van der Waals surface area contributed by atoms with E-state index in [1.54, 1.807) is 12.7 Å². The highest BCUT2D eigenvalue weighted by Gasteiger charge is 2.30. The van der Waals surface area contributed by atoms with Gasteiger partial charge >= 0.3 is 0 Å². The monoisotopic (exact) mass is 420 g/mol. The summed E-state index contributed by atoms with van der Waals surface area (Å²) >= 11 is 0. The number of hydrogen-bond acceptors (Lipinski definition) is 1. The van der Waals surface area contributed by atoms with Crippen LogP contribution < -0.4 is 4.74 Å². The lowest BCUT2D eigenvalue weighted by Crippen LogP contribution is -2.16. The molecule has 160 valence electrons. The zero-order chi connectivity index (χ0) is 21.7. The first-order valence-corrected chi connectivity index (χ1v) is 11.5. The van der Waals surface area contributed by atoms with Crippen LogP contribution in [0.4, 0.5) is 0 Å². The van der Waals surface area contributed by atoms with E-state index in [1.165, 1.54) is 51.5 Å². The minimum Gasteiger partial charge on any atom is -0.497 e. The molecule has 0 spiro atoms. The molecule has 32 heavy (non-hydrogen) atoms. The maximum Gasteiger partial charge on any atom is 0.118 e. The van der Waals surface area contributed by atoms with Crippen LogP contribution in [0.25, 0.3) is 21.8 Å². The first-order chi connectivity index (χ1) is 15.7. The molecule has 0 amide bonds. The summed E-state index contributed by atoms with van der Waals surface area (Å²) in [7, 11) is 3.89. The van der Waals surface area contributed by atoms with Crippen molar-refractivity contribution in [2.45, 2.75) is 31.7 Å². The minimum absolute atomic E-state index is 0.412. The molecular weight excluding hydrogens is 392 g/mol. The Kier molecular flexibility index (Phi) is 4.57. The van der Waals surface area contributed by atoms with Gasteiger partial charge in [0.05, 0.1) is 7.11 Å². The van der Waals surface area contributed by atoms with Crippen molar-refractivity contribution in [2.24, 2.45) is 7.05 Å². The van der Waals surface area contributed by atoms with Crippen LogP contribution in [0.2, 0.25) is 0 Å². The summed E-state index contributed by atoms with van der Waals surface area (Å²) in [5, 5.41) is 2.80. The average molecular weight is 421 g/mol. The van der Waals surface area contributed by atoms with Gasteiger partial charge in [-0.3, -0.25) is 0 Å². The van der Waals surface area contributed by atoms with Gasteiger partial charge in [-0.05, 0) is 60.2 Å². The molecular formula is C29H28N2O. The largest absolute Gasteiger partial charge is 0.497 e. The zero-order valence-corrected chi connectivity index (χ0v) is 18.7. The SMILES string of the molecule is COc1ccc(Cn2c3c(c4ccccc42)CCCC3c2cn(C)c3ccccc23)cc1. The van der Waals surface area contributed by atoms with E-state index in [2.05, 4.69) is 95.2 Å². The molecule has 0 aliphatic heterocycles. The van der Waals surface area contributed by atoms with Crippen LogP contribution in [0.15, 0.2) is 79.0 Å². The molecule has 0 N–H and O–H groups in total. The molecule has 2 aromatic heterocycles. The Morgan fingerprint density at radius 1 is 0.875 bits per heavy atom. The van der Waals surface area contributed by atoms with Gasteiger partial charge in [0.1, 0.15) is 5.75 Å². The molecule has 2 heterocycles. The normalized spacial score (nSPS) is 15.9. The van der Waals surface area contributed by atoms with Gasteiger partial charge in [-0.25, -0.2) is 0 Å². The lowest BCUT2D eigenvalue weighted by Gasteiger charge is -2.26. The number of benzene rings is 3. The zero-order valence-electron chi connectivity index (χ0n) is 18.7. The van der Waals surface area contributed by atoms with E-state index in [9.17, 15) is 0 Å². The summed E-state index contributed by atoms with van der Waals surface area (Å²) in [4.78, 5) is 0. The lowest BCUT2D eigenvalue weighted by molar-refractivity contribution is 0.414. The van der Waals surface area contributed by atoms with E-state index in [-0.39, 0.29) is 0 Å². The predicted molar refractivity (Wildman–Crippen MR) is 132 cm³/mol. The van der Waals surface area contributed by atoms with E-state index >= 15 is 0 Å². The van der Waals surface area contributed by atoms with Crippen LogP contribution in [0.3, 0.4) is 0 Å². The Balaban J connectivity index is 1.56. The van der Waals surface area contributed by atoms with Crippen molar-refractivity contribution >= 4 is 21.8 Å². The lowest BCUT2D eigenvalue weighted by atomic mass is 9.82. The quantitative estimate of drug-likeness (QED) is 0.318. The van der Waals surface area contributed by atoms with Gasteiger partial charge in [0.15, 0.2) is 0 Å². The number of methoxy groups -OCH3 is 1. The fraction of sp³-hybridized carbons (Fsp3) is 0.241. The summed E-state index contributed by atoms with van der Waals surface area (Å²) in [5.41, 5.74) is 8.47. The van der Waals surface area contributed by atoms with Crippen LogP contribution in [-0.2, 0) is 20.0 Å². The number of aryl methyl sites for hydroxylation is 2. The van der Waals surface area contributed by atoms with Crippen molar-refractivity contribution < 1.29 is 4.74 Å². The molecule has 0 bridgehead atoms. The number of nitrogens with zero attached hydrogens (tertiary/aromatic N) is 2. The third-order valence-electron chi connectivity index (χ3n) is 7.17. The number of ether oxygens (including phenoxy) is 1. The highest BCUT2D eigenvalue weighted by molar-refractivity contribution is 5.88. The molecule has 1 aliphatic rings. The Bertz CT molecular complexity index is 1420. The Hall–Kier alpha value is -3.46. The van der Waals surface area contributed by atoms with Gasteiger partial charge in [0.2, 0.25) is 0 Å². The molecule has 0 fully saturated rings. The molecule has 5 aromatic rings. The molecule has 3 nitrogen and oxygen atoms in total. The molecule has 0 saturated heterocycles. The van der Waals surface area contributed by atoms with Gasteiger partial charge in [0, 0.05) is 53.2 Å². The summed E-state index contributed by atoms with van der Waals surface area (Å²) in [6.45, 7) is 0.876. The van der Waals surface area contributed by atoms with Gasteiger partial charge in [-0.2, -0.15) is 0 Å². The van der Waals surface area contributed by atoms with E-state index in [1.807, 2.05) is 0 Å². The Morgan fingerprint density at radius 3 is 2.38 bits per heavy atom. The maximum absolute atomic E-state index is 5.37. The molecule has 1 unspecified atom stereocenters. The standard InChI is InChI=1S/C29H28N2O/c1-30-19-26(23-9-3-5-12-27(23)30)25-11-7-10-24-22-8-4-6-13-28(22)31(29(24)25)18-20-14-16-21(32-2)17-15-20/h3-6,8-9,12-17,19,25H,7,10-11,18H2,1-2H3. The number of aromatic nitrogens is 2. The van der Waals surface area contributed by atoms with Crippen LogP contribution in [0.5, 0.6) is 5.75 Å². The smallest absolute Gasteiger partial charge is 0.118 e. The summed E-state index contributed by atoms with van der Waals surface area (Å²) in [5.74, 6) is 1.32. The minimum atomic E-state index is 0.412. The molecule has 0 radical (unpaired) electrons. The van der Waals surface area contributed by atoms with Crippen LogP contribution in [-0.4, -0.2) is 16.2 Å². The van der Waals surface area contributed by atoms with Crippen molar-refractivity contribution in [3.8, 4) is 5.75 Å².